The number of unbranched alkanes of at least 4 members (excludes halogenated alkanes) is 3. The Bertz CT molecular complexity index is 2330. The Kier molecular flexibility index (Phi) is 29.1. The quantitative estimate of drug-likeness (QED) is 0.0330. The summed E-state index contributed by atoms with van der Waals surface area (Å²) in [5.41, 5.74) is 2.21. The van der Waals surface area contributed by atoms with Crippen LogP contribution in [-0.2, 0) is 56.0 Å². The molecule has 78 heavy (non-hydrogen) atoms. The van der Waals surface area contributed by atoms with Gasteiger partial charge in [-0.3, -0.25) is 53.2 Å². The number of benzene rings is 2. The van der Waals surface area contributed by atoms with Gasteiger partial charge in [0.05, 0.1) is 26.2 Å². The zero-order valence-electron chi connectivity index (χ0n) is 43.2. The Balaban J connectivity index is 1.50. The van der Waals surface area contributed by atoms with E-state index in [0.29, 0.717) is 36.7 Å². The highest BCUT2D eigenvalue weighted by atomic mass is 32.1. The van der Waals surface area contributed by atoms with Gasteiger partial charge in [-0.2, -0.15) is 0 Å². The van der Waals surface area contributed by atoms with Crippen molar-refractivity contribution in [3.8, 4) is 0 Å². The van der Waals surface area contributed by atoms with Gasteiger partial charge in [0.25, 0.3) is 0 Å². The van der Waals surface area contributed by atoms with Crippen LogP contribution in [0.2, 0.25) is 0 Å². The molecule has 2 aromatic carbocycles. The number of nitrogens with zero attached hydrogens (tertiary/aromatic N) is 4. The van der Waals surface area contributed by atoms with Crippen LogP contribution < -0.4 is 31.9 Å². The third kappa shape index (κ3) is 27.5. The Morgan fingerprint density at radius 3 is 1.55 bits per heavy atom. The van der Waals surface area contributed by atoms with Crippen LogP contribution in [0.25, 0.3) is 0 Å². The fourth-order valence-corrected chi connectivity index (χ4v) is 8.63. The van der Waals surface area contributed by atoms with Crippen molar-refractivity contribution in [2.24, 2.45) is 0 Å². The zero-order valence-corrected chi connectivity index (χ0v) is 44.0. The standard InChI is InChI=1S/C50H72N10O17S/c61-40(16-14-37(47(73)74)55-49(77)56-38(48(75)76)15-17-41(62)63)54-39(27-33-8-4-3-5-9-33)46(72)51-18-6-1-2-7-19-52-50(78)53-35-12-10-34(11-13-35)26-36-28-59(31-44(68)69)23-22-57(29-42(64)65)20-21-58(30-43(66)67)24-25-60(36)32-45(70)71/h3-5,8-13,36-39H,1-2,6-7,14-32H2,(H,51,72)(H,54,61)(H,62,63)(H,64,65)(H,66,67)(H,68,69)(H,70,71)(H,73,74)(H,75,76)(H2,52,53,78)(H2,55,56,77)/t36?,37-,38-,39-/m0/s1. The smallest absolute Gasteiger partial charge is 0.326 e. The van der Waals surface area contributed by atoms with Gasteiger partial charge in [0.2, 0.25) is 11.8 Å². The number of carbonyl (C=O) groups is 10. The molecular weight excluding hydrogens is 1040 g/mol. The molecule has 0 spiro atoms. The molecule has 0 aliphatic carbocycles. The lowest BCUT2D eigenvalue weighted by Gasteiger charge is -2.37. The van der Waals surface area contributed by atoms with Gasteiger partial charge < -0.3 is 67.6 Å². The van der Waals surface area contributed by atoms with Gasteiger partial charge >= 0.3 is 47.8 Å². The van der Waals surface area contributed by atoms with E-state index in [-0.39, 0.29) is 78.4 Å². The third-order valence-corrected chi connectivity index (χ3v) is 12.6. The van der Waals surface area contributed by atoms with Gasteiger partial charge in [0.15, 0.2) is 5.11 Å². The van der Waals surface area contributed by atoms with Gasteiger partial charge in [0, 0.05) is 89.9 Å². The summed E-state index contributed by atoms with van der Waals surface area (Å²) in [6.07, 6.45) is 1.45. The lowest BCUT2D eigenvalue weighted by Crippen LogP contribution is -2.53. The van der Waals surface area contributed by atoms with Crippen molar-refractivity contribution in [1.29, 1.82) is 0 Å². The molecule has 1 heterocycles. The second-order valence-corrected chi connectivity index (χ2v) is 19.1. The van der Waals surface area contributed by atoms with Crippen molar-refractivity contribution in [3.05, 3.63) is 65.7 Å². The number of thiocarbonyl (C=S) groups is 1. The molecule has 2 aromatic rings. The Hall–Kier alpha value is -7.53. The minimum Gasteiger partial charge on any atom is -0.481 e. The van der Waals surface area contributed by atoms with E-state index < -0.39 is 109 Å². The average molecular weight is 1120 g/mol. The predicted octanol–water partition coefficient (Wildman–Crippen LogP) is -0.301. The van der Waals surface area contributed by atoms with Crippen LogP contribution >= 0.6 is 12.2 Å². The van der Waals surface area contributed by atoms with Crippen LogP contribution in [0, 0.1) is 0 Å². The van der Waals surface area contributed by atoms with E-state index in [2.05, 4.69) is 26.6 Å². The molecule has 4 atom stereocenters. The molecule has 28 heteroatoms. The highest BCUT2D eigenvalue weighted by molar-refractivity contribution is 7.80. The Morgan fingerprint density at radius 1 is 0.526 bits per heavy atom. The summed E-state index contributed by atoms with van der Waals surface area (Å²) in [7, 11) is 0. The molecule has 1 fully saturated rings. The molecule has 1 aliphatic heterocycles. The van der Waals surface area contributed by atoms with Crippen LogP contribution in [0.5, 0.6) is 0 Å². The first-order valence-corrected chi connectivity index (χ1v) is 25.7. The normalized spacial score (nSPS) is 16.1. The summed E-state index contributed by atoms with van der Waals surface area (Å²) >= 11 is 5.51. The number of carboxylic acids is 7. The van der Waals surface area contributed by atoms with Crippen molar-refractivity contribution >= 4 is 82.6 Å². The number of anilines is 1. The van der Waals surface area contributed by atoms with Crippen molar-refractivity contribution in [3.63, 3.8) is 0 Å². The van der Waals surface area contributed by atoms with E-state index in [1.165, 1.54) is 0 Å². The number of nitrogens with one attached hydrogen (secondary N) is 6. The van der Waals surface area contributed by atoms with Crippen LogP contribution in [0.4, 0.5) is 10.5 Å². The molecule has 1 saturated heterocycles. The first kappa shape index (κ1) is 64.8. The molecule has 430 valence electrons. The number of urea groups is 1. The number of carbonyl (C=O) groups excluding carboxylic acids is 3. The fourth-order valence-electron chi connectivity index (χ4n) is 8.41. The molecule has 3 rings (SSSR count). The van der Waals surface area contributed by atoms with E-state index in [0.717, 1.165) is 30.4 Å². The Morgan fingerprint density at radius 2 is 1.03 bits per heavy atom. The topological polar surface area (TPSA) is 397 Å². The average Bonchev–Trinajstić information content (AvgIpc) is 3.36. The van der Waals surface area contributed by atoms with Gasteiger partial charge in [-0.05, 0) is 67.6 Å². The zero-order chi connectivity index (χ0) is 57.6. The van der Waals surface area contributed by atoms with Crippen molar-refractivity contribution in [1.82, 2.24) is 46.2 Å². The molecule has 0 saturated carbocycles. The molecule has 27 nitrogen and oxygen atoms in total. The van der Waals surface area contributed by atoms with E-state index >= 15 is 0 Å². The van der Waals surface area contributed by atoms with Crippen molar-refractivity contribution < 1.29 is 83.7 Å². The largest absolute Gasteiger partial charge is 0.481 e. The number of hydrogen-bond acceptors (Lipinski definition) is 15. The summed E-state index contributed by atoms with van der Waals surface area (Å²) in [5.74, 6) is -9.87. The maximum absolute atomic E-state index is 13.4. The monoisotopic (exact) mass is 1120 g/mol. The molecule has 0 bridgehead atoms. The third-order valence-electron chi connectivity index (χ3n) is 12.4. The minimum atomic E-state index is -1.62. The van der Waals surface area contributed by atoms with E-state index in [1.807, 2.05) is 17.4 Å². The molecular formula is C50H72N10O17S. The second-order valence-electron chi connectivity index (χ2n) is 18.7. The summed E-state index contributed by atoms with van der Waals surface area (Å²) in [6, 6.07) is 10.2. The van der Waals surface area contributed by atoms with Crippen LogP contribution in [0.1, 0.15) is 62.5 Å². The highest BCUT2D eigenvalue weighted by Gasteiger charge is 2.29. The Labute approximate surface area is 455 Å². The maximum Gasteiger partial charge on any atom is 0.326 e. The predicted molar refractivity (Wildman–Crippen MR) is 284 cm³/mol. The summed E-state index contributed by atoms with van der Waals surface area (Å²) in [5, 5.41) is 82.8. The summed E-state index contributed by atoms with van der Waals surface area (Å²) in [4.78, 5) is 127. The van der Waals surface area contributed by atoms with E-state index in [4.69, 9.17) is 17.3 Å². The number of aliphatic carboxylic acids is 7. The maximum atomic E-state index is 13.4. The SMILES string of the molecule is O=C(O)CC[C@H](NC(=O)N[C@@H](CCC(=O)N[C@@H](Cc1ccccc1)C(=O)NCCCCCCNC(=S)Nc1ccc(CC2CN(CC(=O)O)CCN(CC(=O)O)CCN(CC(=O)O)CCN2CC(=O)O)cc1)C(=O)O)C(=O)O. The molecule has 0 radical (unpaired) electrons. The number of carboxylic acid groups (broad SMARTS) is 7. The molecule has 0 aromatic heterocycles. The molecule has 1 unspecified atom stereocenters. The first-order valence-electron chi connectivity index (χ1n) is 25.3. The van der Waals surface area contributed by atoms with Crippen molar-refractivity contribution in [2.75, 3.05) is 90.4 Å². The summed E-state index contributed by atoms with van der Waals surface area (Å²) < 4.78 is 0. The fraction of sp³-hybridized carbons (Fsp3) is 0.540. The van der Waals surface area contributed by atoms with E-state index in [1.54, 1.807) is 62.1 Å². The lowest BCUT2D eigenvalue weighted by molar-refractivity contribution is -0.142. The van der Waals surface area contributed by atoms with Gasteiger partial charge in [-0.25, -0.2) is 14.4 Å². The molecule has 4 amide bonds. The van der Waals surface area contributed by atoms with Crippen LogP contribution in [-0.4, -0.2) is 229 Å². The number of hydrogen-bond donors (Lipinski definition) is 13. The van der Waals surface area contributed by atoms with Gasteiger partial charge in [-0.15, -0.1) is 0 Å². The van der Waals surface area contributed by atoms with Crippen molar-refractivity contribution in [2.45, 2.75) is 88.4 Å². The minimum absolute atomic E-state index is 0.123. The van der Waals surface area contributed by atoms with Crippen LogP contribution in [0.3, 0.4) is 0 Å². The van der Waals surface area contributed by atoms with Gasteiger partial charge in [-0.1, -0.05) is 55.3 Å². The molecule has 1 aliphatic rings. The number of rotatable bonds is 32. The van der Waals surface area contributed by atoms with Gasteiger partial charge in [0.1, 0.15) is 18.1 Å². The number of amides is 4. The summed E-state index contributed by atoms with van der Waals surface area (Å²) in [6.45, 7) is 0.614. The highest BCUT2D eigenvalue weighted by Crippen LogP contribution is 2.17. The lowest BCUT2D eigenvalue weighted by atomic mass is 10.0. The first-order chi connectivity index (χ1) is 37.1. The second kappa shape index (κ2) is 35.0. The van der Waals surface area contributed by atoms with Crippen LogP contribution in [0.15, 0.2) is 54.6 Å². The van der Waals surface area contributed by atoms with E-state index in [9.17, 15) is 78.6 Å². The molecule has 13 N–H and O–H groups in total.